The maximum atomic E-state index is 11.2. The van der Waals surface area contributed by atoms with E-state index < -0.39 is 20.2 Å². The molecule has 2 aromatic carbocycles. The zero-order valence-corrected chi connectivity index (χ0v) is 23.5. The second-order valence-corrected chi connectivity index (χ2v) is 10.9. The Morgan fingerprint density at radius 1 is 0.774 bits per heavy atom. The Kier molecular flexibility index (Phi) is 9.15. The van der Waals surface area contributed by atoms with Crippen molar-refractivity contribution in [1.82, 2.24) is 19.9 Å². The van der Waals surface area contributed by atoms with Crippen molar-refractivity contribution in [2.75, 3.05) is 5.08 Å². The van der Waals surface area contributed by atoms with Gasteiger partial charge in [-0.25, -0.2) is 9.97 Å². The van der Waals surface area contributed by atoms with Crippen LogP contribution in [0.1, 0.15) is 2.85 Å². The number of fused-ring (bicyclic) bond motifs is 2. The van der Waals surface area contributed by atoms with Crippen LogP contribution < -0.4 is 59.1 Å². The Balaban J connectivity index is 0.00000256. The Hall–Kier alpha value is -0.1000. The number of imidazole rings is 2. The quantitative estimate of drug-likeness (QED) is 0.0891. The number of rotatable bonds is 6. The number of benzene rings is 2. The maximum Gasteiger partial charge on any atom is 1.00 e. The topological polar surface area (TPSA) is 166 Å². The van der Waals surface area contributed by atoms with Crippen molar-refractivity contribution in [3.05, 3.63) is 36.4 Å². The largest absolute Gasteiger partial charge is 1.00 e. The maximum absolute atomic E-state index is 11.2. The van der Waals surface area contributed by atoms with E-state index >= 15 is 0 Å². The minimum absolute atomic E-state index is 0. The molecule has 2 heterocycles. The van der Waals surface area contributed by atoms with E-state index in [0.717, 1.165) is 0 Å². The molecule has 4 aromatic rings. The number of aromatic nitrogens is 4. The second-order valence-electron chi connectivity index (χ2n) is 5.80. The van der Waals surface area contributed by atoms with Gasteiger partial charge in [0.15, 0.2) is 10.3 Å². The summed E-state index contributed by atoms with van der Waals surface area (Å²) in [5, 5.41) is 1.63. The molecule has 0 amide bonds. The minimum atomic E-state index is -4.29. The molecule has 16 heteroatoms. The summed E-state index contributed by atoms with van der Waals surface area (Å²) in [6.45, 7) is 0. The standard InChI is InChI=1S/C15H12N4O6S4.2Na.2H/c20-28(21,22)8-1-3-10-12(5-8)18-14(16-10)26-7-27-15-17-11-4-2-9(29(23,24)25)6-13(11)19-15;;;;/h1-6H,7H2,(H,16,18)(H,17,19)(H,20,21,22)(H,23,24,25);;;;/q;2*+1;2*-1. The molecule has 0 atom stereocenters. The second kappa shape index (κ2) is 10.4. The number of nitrogens with zero attached hydrogens (tertiary/aromatic N) is 2. The predicted molar refractivity (Wildman–Crippen MR) is 111 cm³/mol. The molecular formula is C15H14N4Na2O6S4. The molecule has 0 saturated heterocycles. The number of aromatic amines is 2. The smallest absolute Gasteiger partial charge is 1.00 e. The van der Waals surface area contributed by atoms with Crippen LogP contribution in [0.15, 0.2) is 56.5 Å². The SMILES string of the molecule is O=S(=O)(O)c1ccc2nc(SCSc3nc4ccc(S(=O)(=O)O)cc4[nH]3)[nH]c2c1.[H-].[H-].[Na+].[Na+]. The first-order valence-electron chi connectivity index (χ1n) is 7.80. The van der Waals surface area contributed by atoms with Crippen LogP contribution in [0.5, 0.6) is 0 Å². The number of nitrogens with one attached hydrogen (secondary N) is 2. The fourth-order valence-electron chi connectivity index (χ4n) is 2.53. The first-order chi connectivity index (χ1) is 13.6. The van der Waals surface area contributed by atoms with Crippen molar-refractivity contribution in [2.24, 2.45) is 0 Å². The van der Waals surface area contributed by atoms with E-state index in [1.807, 2.05) is 0 Å². The van der Waals surface area contributed by atoms with Crippen LogP contribution in [0.2, 0.25) is 0 Å². The molecule has 31 heavy (non-hydrogen) atoms. The fraction of sp³-hybridized carbons (Fsp3) is 0.0667. The number of hydrogen-bond donors (Lipinski definition) is 4. The third kappa shape index (κ3) is 6.49. The third-order valence-corrected chi connectivity index (χ3v) is 7.43. The van der Waals surface area contributed by atoms with E-state index in [4.69, 9.17) is 9.11 Å². The average Bonchev–Trinajstić information content (AvgIpc) is 3.21. The molecule has 0 aliphatic heterocycles. The summed E-state index contributed by atoms with van der Waals surface area (Å²) < 4.78 is 63.1. The van der Waals surface area contributed by atoms with Crippen molar-refractivity contribution in [3.8, 4) is 0 Å². The third-order valence-electron chi connectivity index (χ3n) is 3.85. The van der Waals surface area contributed by atoms with Crippen molar-refractivity contribution >= 4 is 65.8 Å². The normalized spacial score (nSPS) is 11.9. The van der Waals surface area contributed by atoms with Gasteiger partial charge in [0.25, 0.3) is 20.2 Å². The van der Waals surface area contributed by atoms with Crippen LogP contribution in [0, 0.1) is 0 Å². The molecule has 0 unspecified atom stereocenters. The van der Waals surface area contributed by atoms with E-state index in [0.29, 0.717) is 37.5 Å². The molecular weight excluding hydrogens is 506 g/mol. The average molecular weight is 521 g/mol. The van der Waals surface area contributed by atoms with Gasteiger partial charge in [0, 0.05) is 0 Å². The van der Waals surface area contributed by atoms with Crippen LogP contribution in [-0.4, -0.2) is 51.0 Å². The summed E-state index contributed by atoms with van der Waals surface area (Å²) in [7, 11) is -8.58. The summed E-state index contributed by atoms with van der Waals surface area (Å²) in [5.41, 5.74) is 2.08. The summed E-state index contributed by atoms with van der Waals surface area (Å²) >= 11 is 2.72. The molecule has 0 radical (unpaired) electrons. The Bertz CT molecular complexity index is 1350. The number of H-pyrrole nitrogens is 2. The molecule has 0 saturated carbocycles. The summed E-state index contributed by atoms with van der Waals surface area (Å²) in [5.74, 6) is 0. The monoisotopic (exact) mass is 520 g/mol. The van der Waals surface area contributed by atoms with E-state index in [1.54, 1.807) is 0 Å². The minimum Gasteiger partial charge on any atom is -1.00 e. The van der Waals surface area contributed by atoms with Gasteiger partial charge in [0.05, 0.1) is 36.9 Å². The molecule has 4 N–H and O–H groups in total. The molecule has 10 nitrogen and oxygen atoms in total. The van der Waals surface area contributed by atoms with Gasteiger partial charge in [-0.3, -0.25) is 9.11 Å². The summed E-state index contributed by atoms with van der Waals surface area (Å²) in [6, 6.07) is 8.16. The van der Waals surface area contributed by atoms with Gasteiger partial charge >= 0.3 is 59.1 Å². The zero-order chi connectivity index (χ0) is 20.8. The predicted octanol–water partition coefficient (Wildman–Crippen LogP) is -2.99. The van der Waals surface area contributed by atoms with Crippen molar-refractivity contribution < 1.29 is 87.9 Å². The van der Waals surface area contributed by atoms with Crippen LogP contribution in [0.4, 0.5) is 0 Å². The first-order valence-corrected chi connectivity index (χ1v) is 12.6. The summed E-state index contributed by atoms with van der Waals surface area (Å²) in [4.78, 5) is 14.2. The Morgan fingerprint density at radius 3 is 1.52 bits per heavy atom. The van der Waals surface area contributed by atoms with Gasteiger partial charge in [-0.2, -0.15) is 16.8 Å². The van der Waals surface area contributed by atoms with Gasteiger partial charge in [-0.15, -0.1) is 0 Å². The van der Waals surface area contributed by atoms with Gasteiger partial charge in [0.2, 0.25) is 0 Å². The van der Waals surface area contributed by atoms with Crippen molar-refractivity contribution in [1.29, 1.82) is 0 Å². The Morgan fingerprint density at radius 2 is 1.16 bits per heavy atom. The van der Waals surface area contributed by atoms with Gasteiger partial charge in [-0.05, 0) is 36.4 Å². The van der Waals surface area contributed by atoms with E-state index in [-0.39, 0.29) is 71.8 Å². The van der Waals surface area contributed by atoms with E-state index in [9.17, 15) is 16.8 Å². The van der Waals surface area contributed by atoms with Crippen LogP contribution >= 0.6 is 23.5 Å². The molecule has 4 rings (SSSR count). The molecule has 0 bridgehead atoms. The van der Waals surface area contributed by atoms with Crippen LogP contribution in [-0.2, 0) is 20.2 Å². The molecule has 2 aromatic heterocycles. The van der Waals surface area contributed by atoms with Crippen LogP contribution in [0.3, 0.4) is 0 Å². The number of hydrogen-bond acceptors (Lipinski definition) is 8. The van der Waals surface area contributed by atoms with Gasteiger partial charge in [0.1, 0.15) is 0 Å². The fourth-order valence-corrected chi connectivity index (χ4v) is 5.36. The molecule has 156 valence electrons. The molecule has 0 aliphatic carbocycles. The Labute approximate surface area is 232 Å². The van der Waals surface area contributed by atoms with Gasteiger partial charge < -0.3 is 12.8 Å². The molecule has 0 spiro atoms. The molecule has 0 fully saturated rings. The number of thioether (sulfide) groups is 2. The van der Waals surface area contributed by atoms with Crippen molar-refractivity contribution in [3.63, 3.8) is 0 Å². The van der Waals surface area contributed by atoms with Crippen molar-refractivity contribution in [2.45, 2.75) is 20.1 Å². The zero-order valence-electron chi connectivity index (χ0n) is 18.2. The van der Waals surface area contributed by atoms with E-state index in [2.05, 4.69) is 19.9 Å². The molecule has 0 aliphatic rings. The van der Waals surface area contributed by atoms with E-state index in [1.165, 1.54) is 59.9 Å². The summed E-state index contributed by atoms with van der Waals surface area (Å²) in [6.07, 6.45) is 0. The first kappa shape index (κ1) is 27.1. The van der Waals surface area contributed by atoms with Crippen LogP contribution in [0.25, 0.3) is 22.1 Å². The van der Waals surface area contributed by atoms with Gasteiger partial charge in [-0.1, -0.05) is 23.5 Å².